The van der Waals surface area contributed by atoms with Crippen molar-refractivity contribution in [2.75, 3.05) is 52.9 Å². The van der Waals surface area contributed by atoms with Gasteiger partial charge in [0.25, 0.3) is 0 Å². The second kappa shape index (κ2) is 29.5. The Morgan fingerprint density at radius 3 is 0.784 bits per heavy atom. The Hall–Kier alpha value is -3.05. The molecule has 21 heteroatoms. The molecule has 0 aromatic carbocycles. The first-order chi connectivity index (χ1) is 58.6. The molecule has 17 nitrogen and oxygen atoms in total. The number of hydrogen-bond acceptors (Lipinski definition) is 17. The molecule has 14 atom stereocenters. The van der Waals surface area contributed by atoms with Crippen LogP contribution in [0.4, 0.5) is 17.6 Å². The van der Waals surface area contributed by atoms with Crippen molar-refractivity contribution >= 4 is 29.7 Å². The minimum Gasteiger partial charge on any atom is -0.462 e. The number of alkyl halides is 4. The van der Waals surface area contributed by atoms with E-state index in [1.54, 1.807) is 0 Å². The van der Waals surface area contributed by atoms with Crippen LogP contribution < -0.4 is 0 Å². The summed E-state index contributed by atoms with van der Waals surface area (Å²) in [5.41, 5.74) is 0.478. The number of Topliss-reactive ketones (excluding diaryl/α,β-unsaturated/α-hetero) is 1. The first-order valence-corrected chi connectivity index (χ1v) is 50.9. The van der Waals surface area contributed by atoms with Crippen molar-refractivity contribution in [1.29, 1.82) is 0 Å². The van der Waals surface area contributed by atoms with E-state index >= 15 is 0 Å². The predicted octanol–water partition coefficient (Wildman–Crippen LogP) is 20.5. The third kappa shape index (κ3) is 13.8. The Labute approximate surface area is 740 Å². The number of esters is 4. The largest absolute Gasteiger partial charge is 0.462 e. The summed E-state index contributed by atoms with van der Waals surface area (Å²) < 4.78 is 130. The average molecular weight is 1750 g/mol. The zero-order valence-corrected chi connectivity index (χ0v) is 74.2. The third-order valence-electron chi connectivity index (χ3n) is 42.2. The van der Waals surface area contributed by atoms with E-state index < -0.39 is 47.8 Å². The van der Waals surface area contributed by atoms with Gasteiger partial charge in [0, 0.05) is 59.2 Å². The van der Waals surface area contributed by atoms with Gasteiger partial charge in [0.2, 0.25) is 0 Å². The molecule has 36 fully saturated rings. The summed E-state index contributed by atoms with van der Waals surface area (Å²) in [6.45, 7) is 9.41. The SMILES string of the molecule is C.C.CC12CC3CC(C1)C1(OC(COC(=O)C45CC6CC(CC(C6)C4)C5)C(COC(=O)C45CC6CC(CC(C6)C4)C5)O1)C(C3)C2.CC12CC3CC(C1)C1(OCC(COC(=O)C45CC6CC(C4)C(=O)C(C6)C5)O1)C(C3)C2.CC12CC3CC(C1)C1(OCC(COC(=O)C45CC6CC(CC(C6)C4)C5)O1)C(C3)C2.CC12CC3CC(C1)C1(OCC(F)(F)C(F)(F)CO1)C(C3)C2. The smallest absolute Gasteiger partial charge is 0.335 e. The van der Waals surface area contributed by atoms with Gasteiger partial charge >= 0.3 is 35.7 Å². The molecule has 0 radical (unpaired) electrons. The van der Waals surface area contributed by atoms with Crippen LogP contribution >= 0.6 is 0 Å². The number of ether oxygens (including phenoxy) is 12. The lowest BCUT2D eigenvalue weighted by molar-refractivity contribution is -0.346. The monoisotopic (exact) mass is 1750 g/mol. The van der Waals surface area contributed by atoms with Crippen molar-refractivity contribution < 1.29 is 98.4 Å². The van der Waals surface area contributed by atoms with Gasteiger partial charge in [-0.15, -0.1) is 0 Å². The molecule has 0 aromatic heterocycles. The van der Waals surface area contributed by atoms with Crippen molar-refractivity contribution in [3.8, 4) is 0 Å². The summed E-state index contributed by atoms with van der Waals surface area (Å²) in [7, 11) is 0. The second-order valence-corrected chi connectivity index (χ2v) is 51.9. The number of rotatable bonds is 12. The van der Waals surface area contributed by atoms with Crippen molar-refractivity contribution in [1.82, 2.24) is 0 Å². The molecular weight excluding hydrogens is 1600 g/mol. The van der Waals surface area contributed by atoms with Crippen molar-refractivity contribution in [3.63, 3.8) is 0 Å². The topological polar surface area (TPSA) is 196 Å². The zero-order chi connectivity index (χ0) is 83.6. The molecule has 125 heavy (non-hydrogen) atoms. The van der Waals surface area contributed by atoms with Gasteiger partial charge in [-0.25, -0.2) is 0 Å². The van der Waals surface area contributed by atoms with Gasteiger partial charge in [0.05, 0.1) is 34.9 Å². The maximum absolute atomic E-state index is 13.8. The molecule has 4 spiro atoms. The van der Waals surface area contributed by atoms with Crippen LogP contribution in [0, 0.1) is 185 Å². The highest BCUT2D eigenvalue weighted by Crippen LogP contribution is 2.73. The Bertz CT molecular complexity index is 3950. The quantitative estimate of drug-likeness (QED) is 0.102. The van der Waals surface area contributed by atoms with Crippen LogP contribution in [0.2, 0.25) is 0 Å². The molecular formula is C104H150F4O17. The fourth-order valence-corrected chi connectivity index (χ4v) is 40.2. The number of ketones is 1. The fourth-order valence-electron chi connectivity index (χ4n) is 40.2. The zero-order valence-electron chi connectivity index (χ0n) is 74.2. The van der Waals surface area contributed by atoms with Gasteiger partial charge in [0.1, 0.15) is 69.8 Å². The summed E-state index contributed by atoms with van der Waals surface area (Å²) >= 11 is 0. The summed E-state index contributed by atoms with van der Waals surface area (Å²) in [5.74, 6) is 2.73. The molecule has 32 aliphatic carbocycles. The first-order valence-electron chi connectivity index (χ1n) is 50.9. The molecule has 4 saturated heterocycles. The fraction of sp³-hybridized carbons (Fsp3) is 0.952. The molecule has 36 aliphatic rings. The van der Waals surface area contributed by atoms with Crippen LogP contribution in [0.5, 0.6) is 0 Å². The summed E-state index contributed by atoms with van der Waals surface area (Å²) in [6.07, 6.45) is 47.9. The van der Waals surface area contributed by atoms with E-state index in [0.717, 1.165) is 158 Å². The van der Waals surface area contributed by atoms with Crippen LogP contribution in [0.15, 0.2) is 0 Å². The minimum absolute atomic E-state index is 0. The Morgan fingerprint density at radius 2 is 0.512 bits per heavy atom. The maximum atomic E-state index is 13.8. The van der Waals surface area contributed by atoms with E-state index in [2.05, 4.69) is 27.7 Å². The van der Waals surface area contributed by atoms with Crippen LogP contribution in [0.25, 0.3) is 0 Å². The van der Waals surface area contributed by atoms with Crippen molar-refractivity contribution in [2.45, 2.75) is 378 Å². The molecule has 0 amide bonds. The minimum atomic E-state index is -4.16. The lowest BCUT2D eigenvalue weighted by Gasteiger charge is -2.63. The molecule has 32 saturated carbocycles. The van der Waals surface area contributed by atoms with Crippen molar-refractivity contribution in [2.24, 2.45) is 185 Å². The van der Waals surface area contributed by atoms with Crippen LogP contribution in [-0.4, -0.2) is 142 Å². The van der Waals surface area contributed by atoms with E-state index in [4.69, 9.17) is 56.8 Å². The molecule has 4 aliphatic heterocycles. The van der Waals surface area contributed by atoms with E-state index in [-0.39, 0.29) is 127 Å². The Morgan fingerprint density at radius 1 is 0.280 bits per heavy atom. The molecule has 0 aromatic rings. The normalized spacial score (nSPS) is 55.7. The van der Waals surface area contributed by atoms with E-state index in [1.165, 1.54) is 141 Å². The number of carbonyl (C=O) groups excluding carboxylic acids is 5. The average Bonchev–Trinajstić information content (AvgIpc) is 1.63. The molecule has 36 rings (SSSR count). The maximum Gasteiger partial charge on any atom is 0.335 e. The van der Waals surface area contributed by atoms with Gasteiger partial charge in [-0.1, -0.05) is 42.5 Å². The third-order valence-corrected chi connectivity index (χ3v) is 42.2. The van der Waals surface area contributed by atoms with Crippen molar-refractivity contribution in [3.05, 3.63) is 0 Å². The van der Waals surface area contributed by atoms with Gasteiger partial charge in [-0.05, 0) is 381 Å². The lowest BCUT2D eigenvalue weighted by Crippen LogP contribution is -2.62. The van der Waals surface area contributed by atoms with E-state index in [0.29, 0.717) is 144 Å². The van der Waals surface area contributed by atoms with E-state index in [1.807, 2.05) is 0 Å². The summed E-state index contributed by atoms with van der Waals surface area (Å²) in [4.78, 5) is 66.5. The van der Waals surface area contributed by atoms with Crippen LogP contribution in [0.1, 0.15) is 319 Å². The molecule has 4 heterocycles. The highest BCUT2D eigenvalue weighted by atomic mass is 19.3. The Balaban J connectivity index is 0.0000000985. The summed E-state index contributed by atoms with van der Waals surface area (Å²) in [6, 6.07) is 0. The highest BCUT2D eigenvalue weighted by Gasteiger charge is 2.73. The molecule has 696 valence electrons. The van der Waals surface area contributed by atoms with E-state index in [9.17, 15) is 41.5 Å². The van der Waals surface area contributed by atoms with Crippen LogP contribution in [0.3, 0.4) is 0 Å². The number of carbonyl (C=O) groups is 5. The number of halogens is 4. The highest BCUT2D eigenvalue weighted by molar-refractivity contribution is 5.90. The lowest BCUT2D eigenvalue weighted by atomic mass is 9.48. The summed E-state index contributed by atoms with van der Waals surface area (Å²) in [5, 5.41) is 0. The predicted molar refractivity (Wildman–Crippen MR) is 451 cm³/mol. The van der Waals surface area contributed by atoms with Gasteiger partial charge in [0.15, 0.2) is 23.1 Å². The second-order valence-electron chi connectivity index (χ2n) is 51.9. The molecule has 14 unspecified atom stereocenters. The standard InChI is InChI=1S/C37H52O6.C25H34O5.C25H36O4.C15H20F4O2.2CH4/c1-34-10-27-8-28(17-34)37(29(9-27)18-34)42-30(19-40-32(38)35-11-21-2-22(12-35)4-23(3-21)13-35)31(43-37)20-41-33(39)36-14-24-5-25(15-36)7-26(6-24)16-36;1-23-6-15-4-18(10-23)25(19(5-15)11-23)29-13-20(30-25)12-28-22(27)24-7-14-2-16(8-24)21(26)17(3-14)9-24;1-23-7-18-5-19(11-23)25(20(6-18)12-23)28-14-21(29-25)13-27-22(26)24-8-15-2-16(9-24)4-17(3-15)10-24;1-12-4-9-2-10(5-12)15(11(3-9)6-12)20-7-13(16,17)14(18,19)8-21-15;;/h21-31H,2-20H2,1H3;14-20H,2-13H2,1H3;15-21H,2-14H2,1H3;9-11H,2-8H2,1H3;2*1H4. The van der Waals surface area contributed by atoms with Gasteiger partial charge < -0.3 is 56.8 Å². The molecule has 32 bridgehead atoms. The number of hydrogen-bond donors (Lipinski definition) is 0. The van der Waals surface area contributed by atoms with Gasteiger partial charge in [-0.2, -0.15) is 17.6 Å². The Kier molecular flexibility index (Phi) is 20.3. The first kappa shape index (κ1) is 86.1. The van der Waals surface area contributed by atoms with Gasteiger partial charge in [-0.3, -0.25) is 24.0 Å². The van der Waals surface area contributed by atoms with Crippen LogP contribution in [-0.2, 0) is 80.8 Å². The molecule has 0 N–H and O–H groups in total.